The third kappa shape index (κ3) is 3.07. The molecule has 3 heterocycles. The molecule has 1 aromatic carbocycles. The Labute approximate surface area is 143 Å². The molecule has 0 saturated carbocycles. The van der Waals surface area contributed by atoms with Gasteiger partial charge in [-0.1, -0.05) is 6.07 Å². The number of imidazole rings is 1. The Kier molecular flexibility index (Phi) is 3.87. The Morgan fingerprint density at radius 2 is 2.12 bits per heavy atom. The second-order valence-corrected chi connectivity index (χ2v) is 5.76. The van der Waals surface area contributed by atoms with Gasteiger partial charge in [-0.25, -0.2) is 4.98 Å². The molecule has 3 aromatic heterocycles. The molecule has 0 aliphatic heterocycles. The SMILES string of the molecule is C[C@H](CO)Nc1nc(Nc2ccc3ncccc3c2)nc2[nH]cnc12. The van der Waals surface area contributed by atoms with E-state index < -0.39 is 0 Å². The largest absolute Gasteiger partial charge is 0.394 e. The number of nitrogens with zero attached hydrogens (tertiary/aromatic N) is 4. The zero-order chi connectivity index (χ0) is 17.2. The molecule has 0 bridgehead atoms. The van der Waals surface area contributed by atoms with Crippen molar-refractivity contribution < 1.29 is 5.11 Å². The van der Waals surface area contributed by atoms with Gasteiger partial charge >= 0.3 is 0 Å². The van der Waals surface area contributed by atoms with E-state index in [-0.39, 0.29) is 12.6 Å². The van der Waals surface area contributed by atoms with Gasteiger partial charge in [0.1, 0.15) is 5.52 Å². The van der Waals surface area contributed by atoms with Crippen molar-refractivity contribution in [2.75, 3.05) is 17.2 Å². The first-order valence-corrected chi connectivity index (χ1v) is 7.93. The number of hydrogen-bond donors (Lipinski definition) is 4. The lowest BCUT2D eigenvalue weighted by Crippen LogP contribution is -2.20. The maximum absolute atomic E-state index is 9.27. The van der Waals surface area contributed by atoms with Crippen LogP contribution in [0.25, 0.3) is 22.1 Å². The second kappa shape index (κ2) is 6.33. The van der Waals surface area contributed by atoms with E-state index >= 15 is 0 Å². The highest BCUT2D eigenvalue weighted by atomic mass is 16.3. The maximum atomic E-state index is 9.27. The van der Waals surface area contributed by atoms with Crippen molar-refractivity contribution >= 4 is 39.5 Å². The van der Waals surface area contributed by atoms with E-state index in [1.54, 1.807) is 12.5 Å². The average molecular weight is 335 g/mol. The van der Waals surface area contributed by atoms with Crippen LogP contribution in [0.3, 0.4) is 0 Å². The number of aliphatic hydroxyl groups is 1. The Bertz CT molecular complexity index is 1030. The molecule has 0 aliphatic carbocycles. The number of benzene rings is 1. The van der Waals surface area contributed by atoms with Crippen LogP contribution in [0.5, 0.6) is 0 Å². The molecule has 0 saturated heterocycles. The van der Waals surface area contributed by atoms with Gasteiger partial charge in [-0.15, -0.1) is 0 Å². The molecule has 25 heavy (non-hydrogen) atoms. The smallest absolute Gasteiger partial charge is 0.231 e. The van der Waals surface area contributed by atoms with Crippen molar-refractivity contribution in [1.29, 1.82) is 0 Å². The molecule has 0 unspecified atom stereocenters. The molecule has 4 N–H and O–H groups in total. The fraction of sp³-hybridized carbons (Fsp3) is 0.176. The van der Waals surface area contributed by atoms with Gasteiger partial charge in [-0.2, -0.15) is 9.97 Å². The first-order valence-electron chi connectivity index (χ1n) is 7.93. The summed E-state index contributed by atoms with van der Waals surface area (Å²) in [7, 11) is 0. The second-order valence-electron chi connectivity index (χ2n) is 5.76. The highest BCUT2D eigenvalue weighted by molar-refractivity contribution is 5.85. The van der Waals surface area contributed by atoms with Gasteiger partial charge in [-0.05, 0) is 31.2 Å². The van der Waals surface area contributed by atoms with Crippen LogP contribution in [-0.4, -0.2) is 42.7 Å². The van der Waals surface area contributed by atoms with Crippen LogP contribution in [0.4, 0.5) is 17.5 Å². The lowest BCUT2D eigenvalue weighted by atomic mass is 10.2. The quantitative estimate of drug-likeness (QED) is 0.443. The van der Waals surface area contributed by atoms with Gasteiger partial charge in [0.05, 0.1) is 18.5 Å². The monoisotopic (exact) mass is 335 g/mol. The van der Waals surface area contributed by atoms with Gasteiger partial charge in [0.25, 0.3) is 0 Å². The number of aromatic amines is 1. The first-order chi connectivity index (χ1) is 12.2. The van der Waals surface area contributed by atoms with Crippen molar-refractivity contribution in [1.82, 2.24) is 24.9 Å². The summed E-state index contributed by atoms with van der Waals surface area (Å²) in [5, 5.41) is 16.7. The summed E-state index contributed by atoms with van der Waals surface area (Å²) < 4.78 is 0. The lowest BCUT2D eigenvalue weighted by molar-refractivity contribution is 0.281. The molecule has 0 amide bonds. The number of H-pyrrole nitrogens is 1. The Morgan fingerprint density at radius 3 is 3.00 bits per heavy atom. The van der Waals surface area contributed by atoms with Gasteiger partial charge in [-0.3, -0.25) is 4.98 Å². The zero-order valence-electron chi connectivity index (χ0n) is 13.6. The third-order valence-electron chi connectivity index (χ3n) is 3.80. The van der Waals surface area contributed by atoms with Crippen LogP contribution in [-0.2, 0) is 0 Å². The molecule has 0 radical (unpaired) electrons. The summed E-state index contributed by atoms with van der Waals surface area (Å²) in [6.45, 7) is 1.86. The van der Waals surface area contributed by atoms with E-state index in [0.29, 0.717) is 22.9 Å². The highest BCUT2D eigenvalue weighted by Gasteiger charge is 2.12. The number of anilines is 3. The third-order valence-corrected chi connectivity index (χ3v) is 3.80. The highest BCUT2D eigenvalue weighted by Crippen LogP contribution is 2.23. The summed E-state index contributed by atoms with van der Waals surface area (Å²) in [5.41, 5.74) is 3.04. The van der Waals surface area contributed by atoms with Gasteiger partial charge in [0.2, 0.25) is 5.95 Å². The fourth-order valence-electron chi connectivity index (χ4n) is 2.55. The summed E-state index contributed by atoms with van der Waals surface area (Å²) in [4.78, 5) is 20.5. The molecule has 0 fully saturated rings. The van der Waals surface area contributed by atoms with Gasteiger partial charge in [0.15, 0.2) is 11.5 Å². The van der Waals surface area contributed by atoms with E-state index in [9.17, 15) is 5.11 Å². The number of pyridine rings is 1. The predicted octanol–water partition coefficient (Wildman–Crippen LogP) is 2.44. The Balaban J connectivity index is 1.70. The van der Waals surface area contributed by atoms with Crippen LogP contribution in [0.2, 0.25) is 0 Å². The minimum Gasteiger partial charge on any atom is -0.394 e. The fourth-order valence-corrected chi connectivity index (χ4v) is 2.55. The molecule has 0 spiro atoms. The molecule has 8 heteroatoms. The number of hydrogen-bond acceptors (Lipinski definition) is 7. The summed E-state index contributed by atoms with van der Waals surface area (Å²) in [6.07, 6.45) is 3.34. The number of aliphatic hydroxyl groups excluding tert-OH is 1. The molecule has 8 nitrogen and oxygen atoms in total. The van der Waals surface area contributed by atoms with Crippen LogP contribution < -0.4 is 10.6 Å². The van der Waals surface area contributed by atoms with E-state index in [4.69, 9.17) is 0 Å². The minimum atomic E-state index is -0.144. The molecule has 1 atom stereocenters. The van der Waals surface area contributed by atoms with Crippen LogP contribution in [0.15, 0.2) is 42.9 Å². The lowest BCUT2D eigenvalue weighted by Gasteiger charge is -2.13. The topological polar surface area (TPSA) is 112 Å². The zero-order valence-corrected chi connectivity index (χ0v) is 13.6. The number of aromatic nitrogens is 5. The van der Waals surface area contributed by atoms with E-state index in [2.05, 4.69) is 35.6 Å². The number of fused-ring (bicyclic) bond motifs is 2. The molecular weight excluding hydrogens is 318 g/mol. The Hall–Kier alpha value is -3.26. The molecular formula is C17H17N7O. The van der Waals surface area contributed by atoms with E-state index in [0.717, 1.165) is 16.6 Å². The molecule has 4 aromatic rings. The predicted molar refractivity (Wildman–Crippen MR) is 96.9 cm³/mol. The molecule has 126 valence electrons. The van der Waals surface area contributed by atoms with Crippen molar-refractivity contribution in [3.63, 3.8) is 0 Å². The van der Waals surface area contributed by atoms with Crippen LogP contribution in [0.1, 0.15) is 6.92 Å². The number of rotatable bonds is 5. The van der Waals surface area contributed by atoms with Crippen molar-refractivity contribution in [2.24, 2.45) is 0 Å². The summed E-state index contributed by atoms with van der Waals surface area (Å²) in [6, 6.07) is 9.62. The van der Waals surface area contributed by atoms with E-state index in [1.165, 1.54) is 0 Å². The average Bonchev–Trinajstić information content (AvgIpc) is 3.10. The van der Waals surface area contributed by atoms with E-state index in [1.807, 2.05) is 37.3 Å². The first kappa shape index (κ1) is 15.3. The molecule has 4 rings (SSSR count). The van der Waals surface area contributed by atoms with Crippen LogP contribution >= 0.6 is 0 Å². The van der Waals surface area contributed by atoms with Crippen molar-refractivity contribution in [3.8, 4) is 0 Å². The summed E-state index contributed by atoms with van der Waals surface area (Å²) in [5.74, 6) is 1.00. The maximum Gasteiger partial charge on any atom is 0.231 e. The van der Waals surface area contributed by atoms with Gasteiger partial charge < -0.3 is 20.7 Å². The Morgan fingerprint density at radius 1 is 1.20 bits per heavy atom. The number of nitrogens with one attached hydrogen (secondary N) is 3. The van der Waals surface area contributed by atoms with Crippen molar-refractivity contribution in [3.05, 3.63) is 42.9 Å². The summed E-state index contributed by atoms with van der Waals surface area (Å²) >= 11 is 0. The standard InChI is InChI=1S/C17H17N7O/c1-10(8-25)21-16-14-15(20-9-19-14)23-17(24-16)22-12-4-5-13-11(7-12)3-2-6-18-13/h2-7,9-10,25H,8H2,1H3,(H3,19,20,21,22,23,24)/t10-/m1/s1. The normalized spacial score (nSPS) is 12.4. The minimum absolute atomic E-state index is 0.00362. The van der Waals surface area contributed by atoms with Crippen molar-refractivity contribution in [2.45, 2.75) is 13.0 Å². The van der Waals surface area contributed by atoms with Gasteiger partial charge in [0, 0.05) is 23.3 Å². The molecule has 0 aliphatic rings. The van der Waals surface area contributed by atoms with Crippen LogP contribution in [0, 0.1) is 0 Å².